The van der Waals surface area contributed by atoms with Crippen molar-refractivity contribution in [2.45, 2.75) is 12.3 Å². The number of hydrogen-bond donors (Lipinski definition) is 2. The van der Waals surface area contributed by atoms with Crippen molar-refractivity contribution in [3.63, 3.8) is 0 Å². The van der Waals surface area contributed by atoms with Crippen molar-refractivity contribution < 1.29 is 19.0 Å². The molecule has 1 aromatic heterocycles. The maximum Gasteiger partial charge on any atom is 0.235 e. The first-order valence-corrected chi connectivity index (χ1v) is 8.54. The molecule has 0 saturated heterocycles. The Morgan fingerprint density at radius 3 is 2.61 bits per heavy atom. The second-order valence-electron chi connectivity index (χ2n) is 5.90. The van der Waals surface area contributed by atoms with E-state index in [-0.39, 0.29) is 11.7 Å². The lowest BCUT2D eigenvalue weighted by Crippen LogP contribution is -2.24. The molecule has 1 atom stereocenters. The molecule has 0 bridgehead atoms. The Balaban J connectivity index is 1.89. The Kier molecular flexibility index (Phi) is 6.05. The molecule has 28 heavy (non-hydrogen) atoms. The molecule has 0 fully saturated rings. The number of rotatable bonds is 8. The number of nitrogens with one attached hydrogen (secondary N) is 2. The van der Waals surface area contributed by atoms with Crippen LogP contribution in [0.1, 0.15) is 17.3 Å². The van der Waals surface area contributed by atoms with Crippen LogP contribution in [-0.2, 0) is 11.2 Å². The number of carbonyl (C=O) groups excluding carboxylic acids is 1. The van der Waals surface area contributed by atoms with E-state index in [1.807, 2.05) is 12.1 Å². The lowest BCUT2D eigenvalue weighted by atomic mass is 9.96. The van der Waals surface area contributed by atoms with E-state index >= 15 is 0 Å². The number of benzene rings is 2. The fourth-order valence-electron chi connectivity index (χ4n) is 2.88. The van der Waals surface area contributed by atoms with Crippen LogP contribution in [0.5, 0.6) is 17.2 Å². The van der Waals surface area contributed by atoms with Gasteiger partial charge in [-0.15, -0.1) is 10.2 Å². The van der Waals surface area contributed by atoms with E-state index in [0.717, 1.165) is 5.56 Å². The van der Waals surface area contributed by atoms with Crippen LogP contribution in [0.15, 0.2) is 42.5 Å². The lowest BCUT2D eigenvalue weighted by Gasteiger charge is -2.17. The molecule has 0 aliphatic heterocycles. The molecular formula is C19H21N5O4. The summed E-state index contributed by atoms with van der Waals surface area (Å²) in [5.74, 6) is 1.10. The molecule has 0 aliphatic carbocycles. The molecule has 3 rings (SSSR count). The molecule has 2 N–H and O–H groups in total. The molecule has 2 aromatic carbocycles. The standard InChI is InChI=1S/C19H21N5O4/c1-26-14-8-5-7-13(11-14)20-19(25)15(18-21-23-24-22-18)10-12-6-4-9-16(27-2)17(12)28-3/h4-9,11,15H,10H2,1-3H3,(H,20,25)(H,21,22,23,24)/t15-/m1/s1. The smallest absolute Gasteiger partial charge is 0.235 e. The minimum atomic E-state index is -0.689. The Morgan fingerprint density at radius 1 is 1.11 bits per heavy atom. The second-order valence-corrected chi connectivity index (χ2v) is 5.90. The predicted molar refractivity (Wildman–Crippen MR) is 102 cm³/mol. The highest BCUT2D eigenvalue weighted by Gasteiger charge is 2.27. The SMILES string of the molecule is COc1cccc(NC(=O)[C@H](Cc2cccc(OC)c2OC)c2nn[nH]n2)c1. The summed E-state index contributed by atoms with van der Waals surface area (Å²) in [6.45, 7) is 0. The van der Waals surface area contributed by atoms with Crippen LogP contribution in [0.25, 0.3) is 0 Å². The molecule has 1 amide bonds. The van der Waals surface area contributed by atoms with Crippen molar-refractivity contribution in [3.05, 3.63) is 53.9 Å². The number of nitrogens with zero attached hydrogens (tertiary/aromatic N) is 3. The number of aromatic amines is 1. The number of ether oxygens (including phenoxy) is 3. The minimum absolute atomic E-state index is 0.278. The zero-order valence-electron chi connectivity index (χ0n) is 15.8. The van der Waals surface area contributed by atoms with Crippen molar-refractivity contribution >= 4 is 11.6 Å². The number of methoxy groups -OCH3 is 3. The van der Waals surface area contributed by atoms with Crippen LogP contribution >= 0.6 is 0 Å². The van der Waals surface area contributed by atoms with Crippen LogP contribution in [0.3, 0.4) is 0 Å². The van der Waals surface area contributed by atoms with Gasteiger partial charge in [0.15, 0.2) is 17.3 Å². The minimum Gasteiger partial charge on any atom is -0.497 e. The van der Waals surface area contributed by atoms with Crippen LogP contribution in [0.4, 0.5) is 5.69 Å². The largest absolute Gasteiger partial charge is 0.497 e. The van der Waals surface area contributed by atoms with E-state index in [1.165, 1.54) is 0 Å². The third kappa shape index (κ3) is 4.20. The number of aromatic nitrogens is 4. The molecular weight excluding hydrogens is 362 g/mol. The maximum absolute atomic E-state index is 13.0. The quantitative estimate of drug-likeness (QED) is 0.613. The van der Waals surface area contributed by atoms with E-state index in [4.69, 9.17) is 14.2 Å². The normalized spacial score (nSPS) is 11.5. The van der Waals surface area contributed by atoms with Gasteiger partial charge in [0.25, 0.3) is 0 Å². The van der Waals surface area contributed by atoms with Gasteiger partial charge in [0.05, 0.1) is 21.3 Å². The first kappa shape index (κ1) is 19.2. The summed E-state index contributed by atoms with van der Waals surface area (Å²) in [5, 5.41) is 16.9. The average molecular weight is 383 g/mol. The Labute approximate surface area is 162 Å². The maximum atomic E-state index is 13.0. The molecule has 0 radical (unpaired) electrons. The van der Waals surface area contributed by atoms with Gasteiger partial charge in [-0.2, -0.15) is 5.21 Å². The number of para-hydroxylation sites is 1. The van der Waals surface area contributed by atoms with E-state index < -0.39 is 5.92 Å². The van der Waals surface area contributed by atoms with Crippen molar-refractivity contribution in [2.75, 3.05) is 26.6 Å². The van der Waals surface area contributed by atoms with E-state index in [9.17, 15) is 4.79 Å². The summed E-state index contributed by atoms with van der Waals surface area (Å²) in [7, 11) is 4.69. The summed E-state index contributed by atoms with van der Waals surface area (Å²) in [5.41, 5.74) is 1.40. The summed E-state index contributed by atoms with van der Waals surface area (Å²) in [6, 6.07) is 12.6. The van der Waals surface area contributed by atoms with Crippen molar-refractivity contribution in [1.82, 2.24) is 20.6 Å². The monoisotopic (exact) mass is 383 g/mol. The van der Waals surface area contributed by atoms with Crippen LogP contribution < -0.4 is 19.5 Å². The third-order valence-electron chi connectivity index (χ3n) is 4.24. The molecule has 3 aromatic rings. The van der Waals surface area contributed by atoms with Gasteiger partial charge < -0.3 is 19.5 Å². The fraction of sp³-hybridized carbons (Fsp3) is 0.263. The molecule has 9 heteroatoms. The average Bonchev–Trinajstić information content (AvgIpc) is 3.26. The highest BCUT2D eigenvalue weighted by Crippen LogP contribution is 2.34. The molecule has 0 spiro atoms. The van der Waals surface area contributed by atoms with Gasteiger partial charge >= 0.3 is 0 Å². The van der Waals surface area contributed by atoms with Crippen molar-refractivity contribution in [3.8, 4) is 17.2 Å². The van der Waals surface area contributed by atoms with Crippen LogP contribution in [0.2, 0.25) is 0 Å². The predicted octanol–water partition coefficient (Wildman–Crippen LogP) is 2.19. The highest BCUT2D eigenvalue weighted by atomic mass is 16.5. The molecule has 0 aliphatic rings. The van der Waals surface area contributed by atoms with E-state index in [2.05, 4.69) is 25.9 Å². The Bertz CT molecular complexity index is 930. The lowest BCUT2D eigenvalue weighted by molar-refractivity contribution is -0.117. The Hall–Kier alpha value is -3.62. The van der Waals surface area contributed by atoms with Crippen LogP contribution in [0, 0.1) is 0 Å². The van der Waals surface area contributed by atoms with Gasteiger partial charge in [0.1, 0.15) is 11.7 Å². The summed E-state index contributed by atoms with van der Waals surface area (Å²) < 4.78 is 16.0. The van der Waals surface area contributed by atoms with Crippen molar-refractivity contribution in [2.24, 2.45) is 0 Å². The number of amides is 1. The number of H-pyrrole nitrogens is 1. The number of hydrogen-bond acceptors (Lipinski definition) is 7. The number of anilines is 1. The molecule has 9 nitrogen and oxygen atoms in total. The van der Waals surface area contributed by atoms with Gasteiger partial charge in [-0.05, 0) is 30.2 Å². The van der Waals surface area contributed by atoms with Crippen LogP contribution in [-0.4, -0.2) is 47.9 Å². The van der Waals surface area contributed by atoms with E-state index in [1.54, 1.807) is 51.7 Å². The number of carbonyl (C=O) groups is 1. The van der Waals surface area contributed by atoms with Gasteiger partial charge in [-0.3, -0.25) is 4.79 Å². The first-order chi connectivity index (χ1) is 13.7. The highest BCUT2D eigenvalue weighted by molar-refractivity contribution is 5.95. The summed E-state index contributed by atoms with van der Waals surface area (Å²) >= 11 is 0. The van der Waals surface area contributed by atoms with Gasteiger partial charge in [-0.25, -0.2) is 0 Å². The van der Waals surface area contributed by atoms with Gasteiger partial charge in [0, 0.05) is 11.8 Å². The molecule has 0 unspecified atom stereocenters. The van der Waals surface area contributed by atoms with Crippen molar-refractivity contribution in [1.29, 1.82) is 0 Å². The fourth-order valence-corrected chi connectivity index (χ4v) is 2.88. The van der Waals surface area contributed by atoms with Gasteiger partial charge in [-0.1, -0.05) is 23.4 Å². The summed E-state index contributed by atoms with van der Waals surface area (Å²) in [4.78, 5) is 13.0. The summed E-state index contributed by atoms with van der Waals surface area (Å²) in [6.07, 6.45) is 0.301. The molecule has 1 heterocycles. The molecule has 146 valence electrons. The Morgan fingerprint density at radius 2 is 1.93 bits per heavy atom. The van der Waals surface area contributed by atoms with E-state index in [0.29, 0.717) is 29.4 Å². The topological polar surface area (TPSA) is 111 Å². The zero-order valence-corrected chi connectivity index (χ0v) is 15.8. The molecule has 0 saturated carbocycles. The number of tetrazole rings is 1. The van der Waals surface area contributed by atoms with Gasteiger partial charge in [0.2, 0.25) is 5.91 Å². The third-order valence-corrected chi connectivity index (χ3v) is 4.24. The first-order valence-electron chi connectivity index (χ1n) is 8.54. The second kappa shape index (κ2) is 8.85. The zero-order chi connectivity index (χ0) is 19.9.